The number of hydrogen-bond acceptors (Lipinski definition) is 5. The molecule has 1 aliphatic rings. The Morgan fingerprint density at radius 1 is 1.12 bits per heavy atom. The lowest BCUT2D eigenvalue weighted by molar-refractivity contribution is -0.0227. The maximum Gasteiger partial charge on any atom is 0.259 e. The zero-order valence-corrected chi connectivity index (χ0v) is 15.1. The van der Waals surface area contributed by atoms with E-state index in [1.165, 1.54) is 0 Å². The van der Waals surface area contributed by atoms with E-state index >= 15 is 0 Å². The maximum atomic E-state index is 13.3. The number of methoxy groups -OCH3 is 2. The zero-order valence-electron chi connectivity index (χ0n) is 14.4. The van der Waals surface area contributed by atoms with Crippen molar-refractivity contribution in [3.63, 3.8) is 0 Å². The highest BCUT2D eigenvalue weighted by molar-refractivity contribution is 6.30. The molecule has 3 aromatic rings. The first-order chi connectivity index (χ1) is 12.6. The summed E-state index contributed by atoms with van der Waals surface area (Å²) in [6.45, 7) is 1.000. The molecule has 0 unspecified atom stereocenters. The Labute approximate surface area is 154 Å². The first-order valence-electron chi connectivity index (χ1n) is 8.12. The SMILES string of the molecule is COc1cc(OC)cc(-c2cc3cnc(Cl)cc3n(C3COC3)c2=O)c1. The number of rotatable bonds is 4. The minimum absolute atomic E-state index is 0.0177. The lowest BCUT2D eigenvalue weighted by atomic mass is 10.0. The molecule has 0 bridgehead atoms. The predicted molar refractivity (Wildman–Crippen MR) is 99.4 cm³/mol. The van der Waals surface area contributed by atoms with Gasteiger partial charge in [0, 0.05) is 23.2 Å². The van der Waals surface area contributed by atoms with E-state index in [9.17, 15) is 4.79 Å². The van der Waals surface area contributed by atoms with Gasteiger partial charge in [0.1, 0.15) is 16.7 Å². The van der Waals surface area contributed by atoms with Crippen LogP contribution in [0.1, 0.15) is 6.04 Å². The van der Waals surface area contributed by atoms with Crippen LogP contribution < -0.4 is 15.0 Å². The molecule has 0 spiro atoms. The number of hydrogen-bond donors (Lipinski definition) is 0. The number of ether oxygens (including phenoxy) is 3. The quantitative estimate of drug-likeness (QED) is 0.657. The molecule has 1 aromatic carbocycles. The average Bonchev–Trinajstić information content (AvgIpc) is 2.61. The van der Waals surface area contributed by atoms with Gasteiger partial charge in [-0.25, -0.2) is 4.98 Å². The third-order valence-electron chi connectivity index (χ3n) is 4.54. The van der Waals surface area contributed by atoms with Crippen molar-refractivity contribution >= 4 is 22.5 Å². The van der Waals surface area contributed by atoms with Gasteiger partial charge in [0.15, 0.2) is 0 Å². The molecule has 0 radical (unpaired) electrons. The van der Waals surface area contributed by atoms with Crippen LogP contribution in [0.15, 0.2) is 41.3 Å². The fourth-order valence-corrected chi connectivity index (χ4v) is 3.26. The number of benzene rings is 1. The Balaban J connectivity index is 2.01. The molecule has 0 saturated carbocycles. The van der Waals surface area contributed by atoms with Crippen molar-refractivity contribution in [1.82, 2.24) is 9.55 Å². The van der Waals surface area contributed by atoms with Crippen LogP contribution in [0.25, 0.3) is 22.0 Å². The van der Waals surface area contributed by atoms with E-state index in [0.717, 1.165) is 16.5 Å². The summed E-state index contributed by atoms with van der Waals surface area (Å²) in [5.74, 6) is 1.23. The van der Waals surface area contributed by atoms with Gasteiger partial charge in [-0.15, -0.1) is 0 Å². The number of halogens is 1. The van der Waals surface area contributed by atoms with Crippen LogP contribution in [0.2, 0.25) is 5.15 Å². The van der Waals surface area contributed by atoms with Crippen LogP contribution >= 0.6 is 11.6 Å². The van der Waals surface area contributed by atoms with Gasteiger partial charge in [0.05, 0.1) is 39.0 Å². The van der Waals surface area contributed by atoms with E-state index < -0.39 is 0 Å². The Kier molecular flexibility index (Phi) is 4.30. The van der Waals surface area contributed by atoms with Gasteiger partial charge < -0.3 is 14.2 Å². The molecule has 2 aromatic heterocycles. The normalized spacial score (nSPS) is 14.3. The van der Waals surface area contributed by atoms with Crippen LogP contribution in [0, 0.1) is 0 Å². The highest BCUT2D eigenvalue weighted by Gasteiger charge is 2.25. The van der Waals surface area contributed by atoms with Crippen molar-refractivity contribution in [2.24, 2.45) is 0 Å². The van der Waals surface area contributed by atoms with E-state index in [1.807, 2.05) is 18.2 Å². The van der Waals surface area contributed by atoms with Gasteiger partial charge in [-0.05, 0) is 29.8 Å². The highest BCUT2D eigenvalue weighted by atomic mass is 35.5. The molecule has 0 amide bonds. The molecular weight excluding hydrogens is 356 g/mol. The minimum Gasteiger partial charge on any atom is -0.497 e. The van der Waals surface area contributed by atoms with Gasteiger partial charge in [-0.2, -0.15) is 0 Å². The smallest absolute Gasteiger partial charge is 0.259 e. The van der Waals surface area contributed by atoms with E-state index in [-0.39, 0.29) is 11.6 Å². The molecule has 7 heteroatoms. The molecule has 4 rings (SSSR count). The van der Waals surface area contributed by atoms with Crippen molar-refractivity contribution in [2.45, 2.75) is 6.04 Å². The summed E-state index contributed by atoms with van der Waals surface area (Å²) < 4.78 is 17.7. The first-order valence-corrected chi connectivity index (χ1v) is 8.50. The molecule has 1 aliphatic heterocycles. The summed E-state index contributed by atoms with van der Waals surface area (Å²) in [7, 11) is 3.16. The van der Waals surface area contributed by atoms with E-state index in [0.29, 0.717) is 35.4 Å². The van der Waals surface area contributed by atoms with Crippen LogP contribution in [0.5, 0.6) is 11.5 Å². The topological polar surface area (TPSA) is 62.6 Å². The second kappa shape index (κ2) is 6.63. The van der Waals surface area contributed by atoms with Crippen molar-refractivity contribution in [1.29, 1.82) is 0 Å². The summed E-state index contributed by atoms with van der Waals surface area (Å²) in [6, 6.07) is 8.92. The van der Waals surface area contributed by atoms with E-state index in [2.05, 4.69) is 4.98 Å². The van der Waals surface area contributed by atoms with Gasteiger partial charge in [-0.1, -0.05) is 11.6 Å². The number of nitrogens with zero attached hydrogens (tertiary/aromatic N) is 2. The Hall–Kier alpha value is -2.57. The molecule has 0 aliphatic carbocycles. The highest BCUT2D eigenvalue weighted by Crippen LogP contribution is 2.31. The van der Waals surface area contributed by atoms with E-state index in [4.69, 9.17) is 25.8 Å². The Morgan fingerprint density at radius 3 is 2.38 bits per heavy atom. The van der Waals surface area contributed by atoms with Crippen LogP contribution in [-0.2, 0) is 4.74 Å². The maximum absolute atomic E-state index is 13.3. The summed E-state index contributed by atoms with van der Waals surface area (Å²) in [6.07, 6.45) is 1.67. The third-order valence-corrected chi connectivity index (χ3v) is 4.74. The van der Waals surface area contributed by atoms with Crippen molar-refractivity contribution in [3.05, 3.63) is 52.0 Å². The standard InChI is InChI=1S/C19H17ClN2O4/c1-24-14-3-11(4-15(6-14)25-2)16-5-12-8-21-18(20)7-17(12)22(19(16)23)13-9-26-10-13/h3-8,13H,9-10H2,1-2H3. The average molecular weight is 373 g/mol. The summed E-state index contributed by atoms with van der Waals surface area (Å²) >= 11 is 6.05. The summed E-state index contributed by atoms with van der Waals surface area (Å²) in [5, 5.41) is 1.18. The van der Waals surface area contributed by atoms with E-state index in [1.54, 1.807) is 37.1 Å². The Bertz CT molecular complexity index is 1020. The van der Waals surface area contributed by atoms with Crippen molar-refractivity contribution in [3.8, 4) is 22.6 Å². The molecule has 134 valence electrons. The van der Waals surface area contributed by atoms with Crippen molar-refractivity contribution in [2.75, 3.05) is 27.4 Å². The molecule has 0 atom stereocenters. The number of aromatic nitrogens is 2. The van der Waals surface area contributed by atoms with Gasteiger partial charge in [0.25, 0.3) is 5.56 Å². The van der Waals surface area contributed by atoms with Gasteiger partial charge in [-0.3, -0.25) is 9.36 Å². The zero-order chi connectivity index (χ0) is 18.3. The first kappa shape index (κ1) is 16.9. The minimum atomic E-state index is -0.108. The lowest BCUT2D eigenvalue weighted by Gasteiger charge is -2.29. The monoisotopic (exact) mass is 372 g/mol. The van der Waals surface area contributed by atoms with Crippen LogP contribution in [0.4, 0.5) is 0 Å². The summed E-state index contributed by atoms with van der Waals surface area (Å²) in [5.41, 5.74) is 1.91. The molecule has 1 saturated heterocycles. The number of fused-ring (bicyclic) bond motifs is 1. The predicted octanol–water partition coefficient (Wildman–Crippen LogP) is 3.31. The second-order valence-corrected chi connectivity index (χ2v) is 6.48. The number of pyridine rings is 2. The van der Waals surface area contributed by atoms with Crippen LogP contribution in [0.3, 0.4) is 0 Å². The fraction of sp³-hybridized carbons (Fsp3) is 0.263. The largest absolute Gasteiger partial charge is 0.497 e. The Morgan fingerprint density at radius 2 is 1.81 bits per heavy atom. The summed E-state index contributed by atoms with van der Waals surface area (Å²) in [4.78, 5) is 17.4. The van der Waals surface area contributed by atoms with Crippen molar-refractivity contribution < 1.29 is 14.2 Å². The molecule has 0 N–H and O–H groups in total. The molecular formula is C19H17ClN2O4. The molecule has 26 heavy (non-hydrogen) atoms. The van der Waals surface area contributed by atoms with Gasteiger partial charge in [0.2, 0.25) is 0 Å². The lowest BCUT2D eigenvalue weighted by Crippen LogP contribution is -2.38. The molecule has 6 nitrogen and oxygen atoms in total. The molecule has 3 heterocycles. The molecule has 1 fully saturated rings. The fourth-order valence-electron chi connectivity index (χ4n) is 3.11. The van der Waals surface area contributed by atoms with Gasteiger partial charge >= 0.3 is 0 Å². The second-order valence-electron chi connectivity index (χ2n) is 6.09. The third kappa shape index (κ3) is 2.81. The van der Waals surface area contributed by atoms with Crippen LogP contribution in [-0.4, -0.2) is 37.0 Å².